The average molecular weight is 357 g/mol. The Morgan fingerprint density at radius 1 is 1.46 bits per heavy atom. The lowest BCUT2D eigenvalue weighted by atomic mass is 9.96. The van der Waals surface area contributed by atoms with Crippen molar-refractivity contribution in [1.82, 2.24) is 15.2 Å². The number of morpholine rings is 1. The van der Waals surface area contributed by atoms with E-state index in [4.69, 9.17) is 4.74 Å². The Bertz CT molecular complexity index is 676. The van der Waals surface area contributed by atoms with Crippen LogP contribution in [-0.2, 0) is 9.53 Å². The van der Waals surface area contributed by atoms with Crippen LogP contribution in [0.3, 0.4) is 0 Å². The van der Waals surface area contributed by atoms with Crippen molar-refractivity contribution >= 4 is 11.5 Å². The highest BCUT2D eigenvalue weighted by Gasteiger charge is 2.40. The van der Waals surface area contributed by atoms with Crippen molar-refractivity contribution in [1.29, 1.82) is 0 Å². The normalized spacial score (nSPS) is 22.2. The summed E-state index contributed by atoms with van der Waals surface area (Å²) in [7, 11) is 0. The molecule has 1 N–H and O–H groups in total. The molecule has 5 heteroatoms. The maximum Gasteiger partial charge on any atom is 0.253 e. The van der Waals surface area contributed by atoms with Gasteiger partial charge in [-0.15, -0.1) is 0 Å². The summed E-state index contributed by atoms with van der Waals surface area (Å²) in [5.74, 6) is 0.111. The van der Waals surface area contributed by atoms with Crippen molar-refractivity contribution < 1.29 is 9.53 Å². The lowest BCUT2D eigenvalue weighted by Crippen LogP contribution is -2.52. The summed E-state index contributed by atoms with van der Waals surface area (Å²) >= 11 is 0. The molecular formula is C21H31N3O2. The van der Waals surface area contributed by atoms with Gasteiger partial charge >= 0.3 is 0 Å². The number of hydrogen-bond donors (Lipinski definition) is 1. The third-order valence-electron chi connectivity index (χ3n) is 5.44. The van der Waals surface area contributed by atoms with Gasteiger partial charge in [-0.2, -0.15) is 0 Å². The zero-order valence-electron chi connectivity index (χ0n) is 16.4. The second-order valence-corrected chi connectivity index (χ2v) is 7.39. The topological polar surface area (TPSA) is 54.5 Å². The fourth-order valence-corrected chi connectivity index (χ4v) is 3.69. The maximum atomic E-state index is 13.2. The van der Waals surface area contributed by atoms with Crippen molar-refractivity contribution in [3.8, 4) is 0 Å². The largest absolute Gasteiger partial charge is 0.366 e. The molecule has 2 heterocycles. The van der Waals surface area contributed by atoms with E-state index in [0.717, 1.165) is 37.1 Å². The van der Waals surface area contributed by atoms with Crippen LogP contribution in [0.1, 0.15) is 49.9 Å². The third kappa shape index (κ3) is 3.99. The minimum atomic E-state index is -0.374. The van der Waals surface area contributed by atoms with E-state index in [1.165, 1.54) is 11.1 Å². The Morgan fingerprint density at radius 2 is 2.23 bits per heavy atom. The molecule has 142 valence electrons. The van der Waals surface area contributed by atoms with Crippen LogP contribution in [0.15, 0.2) is 18.3 Å². The molecule has 0 aromatic carbocycles. The number of nitrogens with zero attached hydrogens (tertiary/aromatic N) is 2. The van der Waals surface area contributed by atoms with Gasteiger partial charge in [-0.3, -0.25) is 9.78 Å². The highest BCUT2D eigenvalue weighted by Crippen LogP contribution is 2.35. The highest BCUT2D eigenvalue weighted by atomic mass is 16.5. The van der Waals surface area contributed by atoms with E-state index in [2.05, 4.69) is 49.0 Å². The van der Waals surface area contributed by atoms with Crippen molar-refractivity contribution in [2.45, 2.75) is 65.1 Å². The molecule has 0 radical (unpaired) electrons. The van der Waals surface area contributed by atoms with Crippen LogP contribution < -0.4 is 5.32 Å². The molecule has 1 saturated heterocycles. The summed E-state index contributed by atoms with van der Waals surface area (Å²) in [6, 6.07) is 2.36. The molecule has 1 aliphatic heterocycles. The Labute approximate surface area is 156 Å². The molecule has 0 spiro atoms. The Hall–Kier alpha value is -1.72. The lowest BCUT2D eigenvalue weighted by molar-refractivity contribution is -0.146. The maximum absolute atomic E-state index is 13.2. The van der Waals surface area contributed by atoms with Crippen molar-refractivity contribution in [3.05, 3.63) is 35.2 Å². The van der Waals surface area contributed by atoms with E-state index in [-0.39, 0.29) is 18.1 Å². The zero-order chi connectivity index (χ0) is 18.7. The SMILES string of the molecule is CC/C=C(\c1nccc(C)c1C)[C@H](C)N(C(=O)[C@H]1CNCCO1)C1CC1. The van der Waals surface area contributed by atoms with Gasteiger partial charge in [0.05, 0.1) is 18.3 Å². The quantitative estimate of drug-likeness (QED) is 0.851. The molecular weight excluding hydrogens is 326 g/mol. The number of pyridine rings is 1. The predicted octanol–water partition coefficient (Wildman–Crippen LogP) is 2.86. The number of aromatic nitrogens is 1. The van der Waals surface area contributed by atoms with Crippen LogP contribution in [-0.4, -0.2) is 53.7 Å². The zero-order valence-corrected chi connectivity index (χ0v) is 16.4. The Morgan fingerprint density at radius 3 is 2.85 bits per heavy atom. The van der Waals surface area contributed by atoms with Crippen LogP contribution >= 0.6 is 0 Å². The first-order chi connectivity index (χ1) is 12.5. The van der Waals surface area contributed by atoms with E-state index in [1.807, 2.05) is 12.3 Å². The van der Waals surface area contributed by atoms with Gasteiger partial charge in [0.25, 0.3) is 5.91 Å². The number of ether oxygens (including phenoxy) is 1. The summed E-state index contributed by atoms with van der Waals surface area (Å²) in [5.41, 5.74) is 4.59. The van der Waals surface area contributed by atoms with E-state index in [0.29, 0.717) is 19.2 Å². The number of carbonyl (C=O) groups excluding carboxylic acids is 1. The Balaban J connectivity index is 1.90. The fraction of sp³-hybridized carbons (Fsp3) is 0.619. The number of nitrogens with one attached hydrogen (secondary N) is 1. The molecule has 2 fully saturated rings. The van der Waals surface area contributed by atoms with Crippen molar-refractivity contribution in [3.63, 3.8) is 0 Å². The molecule has 3 rings (SSSR count). The lowest BCUT2D eigenvalue weighted by Gasteiger charge is -2.35. The molecule has 1 aromatic heterocycles. The van der Waals surface area contributed by atoms with E-state index >= 15 is 0 Å². The number of allylic oxidation sites excluding steroid dienone is 1. The minimum Gasteiger partial charge on any atom is -0.366 e. The van der Waals surface area contributed by atoms with E-state index in [1.54, 1.807) is 0 Å². The number of carbonyl (C=O) groups is 1. The van der Waals surface area contributed by atoms with Gasteiger partial charge in [0.1, 0.15) is 6.10 Å². The smallest absolute Gasteiger partial charge is 0.253 e. The second kappa shape index (κ2) is 8.31. The van der Waals surface area contributed by atoms with Crippen LogP contribution in [0, 0.1) is 13.8 Å². The van der Waals surface area contributed by atoms with Gasteiger partial charge < -0.3 is 15.0 Å². The summed E-state index contributed by atoms with van der Waals surface area (Å²) in [4.78, 5) is 19.9. The summed E-state index contributed by atoms with van der Waals surface area (Å²) in [6.45, 7) is 10.5. The molecule has 1 saturated carbocycles. The van der Waals surface area contributed by atoms with Gasteiger partial charge in [-0.1, -0.05) is 13.0 Å². The Kier molecular flexibility index (Phi) is 6.09. The predicted molar refractivity (Wildman–Crippen MR) is 104 cm³/mol. The van der Waals surface area contributed by atoms with Gasteiger partial charge in [0.15, 0.2) is 0 Å². The average Bonchev–Trinajstić information content (AvgIpc) is 3.48. The number of rotatable bonds is 6. The van der Waals surface area contributed by atoms with E-state index in [9.17, 15) is 4.79 Å². The van der Waals surface area contributed by atoms with E-state index < -0.39 is 0 Å². The summed E-state index contributed by atoms with van der Waals surface area (Å²) in [5, 5.41) is 3.27. The molecule has 2 aliphatic rings. The second-order valence-electron chi connectivity index (χ2n) is 7.39. The molecule has 0 unspecified atom stereocenters. The molecule has 26 heavy (non-hydrogen) atoms. The first-order valence-electron chi connectivity index (χ1n) is 9.81. The molecule has 0 bridgehead atoms. The molecule has 5 nitrogen and oxygen atoms in total. The van der Waals surface area contributed by atoms with Crippen LogP contribution in [0.4, 0.5) is 0 Å². The van der Waals surface area contributed by atoms with Crippen molar-refractivity contribution in [2.75, 3.05) is 19.7 Å². The monoisotopic (exact) mass is 357 g/mol. The molecule has 1 aliphatic carbocycles. The van der Waals surface area contributed by atoms with Gasteiger partial charge in [0.2, 0.25) is 0 Å². The number of hydrogen-bond acceptors (Lipinski definition) is 4. The molecule has 1 amide bonds. The first kappa shape index (κ1) is 19.1. The summed E-state index contributed by atoms with van der Waals surface area (Å²) in [6.07, 6.45) is 6.79. The molecule has 1 aromatic rings. The van der Waals surface area contributed by atoms with Gasteiger partial charge in [-0.05, 0) is 62.8 Å². The van der Waals surface area contributed by atoms with Crippen LogP contribution in [0.5, 0.6) is 0 Å². The van der Waals surface area contributed by atoms with Crippen LogP contribution in [0.2, 0.25) is 0 Å². The third-order valence-corrected chi connectivity index (χ3v) is 5.44. The van der Waals surface area contributed by atoms with Gasteiger partial charge in [0, 0.05) is 25.3 Å². The highest BCUT2D eigenvalue weighted by molar-refractivity contribution is 5.85. The minimum absolute atomic E-state index is 0.00604. The number of aryl methyl sites for hydroxylation is 1. The van der Waals surface area contributed by atoms with Crippen molar-refractivity contribution in [2.24, 2.45) is 0 Å². The summed E-state index contributed by atoms with van der Waals surface area (Å²) < 4.78 is 5.75. The molecule has 2 atom stereocenters. The first-order valence-corrected chi connectivity index (χ1v) is 9.81. The van der Waals surface area contributed by atoms with Crippen LogP contribution in [0.25, 0.3) is 5.57 Å². The van der Waals surface area contributed by atoms with Gasteiger partial charge in [-0.25, -0.2) is 0 Å². The number of amides is 1. The standard InChI is InChI=1S/C21H31N3O2/c1-5-6-18(20-15(3)14(2)9-10-23-20)16(4)24(17-7-8-17)21(25)19-13-22-11-12-26-19/h6,9-10,16-17,19,22H,5,7-8,11-13H2,1-4H3/b18-6-/t16-,19+/m0/s1. The fourth-order valence-electron chi connectivity index (χ4n) is 3.69.